The maximum absolute atomic E-state index is 11.5. The molecule has 0 radical (unpaired) electrons. The van der Waals surface area contributed by atoms with E-state index in [0.29, 0.717) is 22.2 Å². The van der Waals surface area contributed by atoms with Crippen molar-refractivity contribution in [2.24, 2.45) is 0 Å². The molecule has 0 fully saturated rings. The average molecular weight is 310 g/mol. The second-order valence-electron chi connectivity index (χ2n) is 3.91. The van der Waals surface area contributed by atoms with Crippen molar-refractivity contribution in [3.63, 3.8) is 0 Å². The highest BCUT2D eigenvalue weighted by atomic mass is 35.5. The van der Waals surface area contributed by atoms with Gasteiger partial charge in [-0.2, -0.15) is 0 Å². The van der Waals surface area contributed by atoms with Crippen LogP contribution in [0.1, 0.15) is 12.8 Å². The number of hydrogen-bond acceptors (Lipinski definition) is 3. The minimum absolute atomic E-state index is 0.00178. The van der Waals surface area contributed by atoms with Gasteiger partial charge >= 0.3 is 0 Å². The molecule has 0 atom stereocenters. The molecule has 0 heterocycles. The predicted octanol–water partition coefficient (Wildman–Crippen LogP) is 2.76. The lowest BCUT2D eigenvalue weighted by atomic mass is 10.3. The molecule has 0 aromatic heterocycles. The molecular weight excluding hydrogens is 297 g/mol. The van der Waals surface area contributed by atoms with Gasteiger partial charge in [0, 0.05) is 18.4 Å². The lowest BCUT2D eigenvalue weighted by Gasteiger charge is -2.06. The van der Waals surface area contributed by atoms with Crippen LogP contribution >= 0.6 is 23.2 Å². The van der Waals surface area contributed by atoms with Gasteiger partial charge in [0.2, 0.25) is 5.91 Å². The predicted molar refractivity (Wildman–Crippen MR) is 74.0 cm³/mol. The van der Waals surface area contributed by atoms with E-state index < -0.39 is 9.84 Å². The SMILES string of the molecule is CS(=O)(=O)CCCC(=O)Nc1ccc(Cl)c(Cl)c1. The maximum atomic E-state index is 11.5. The Morgan fingerprint density at radius 3 is 2.50 bits per heavy atom. The summed E-state index contributed by atoms with van der Waals surface area (Å²) in [6.07, 6.45) is 1.59. The van der Waals surface area contributed by atoms with E-state index in [1.54, 1.807) is 18.2 Å². The molecule has 0 spiro atoms. The Labute approximate surface area is 116 Å². The third-order valence-electron chi connectivity index (χ3n) is 2.12. The molecule has 18 heavy (non-hydrogen) atoms. The normalized spacial score (nSPS) is 11.3. The zero-order valence-corrected chi connectivity index (χ0v) is 12.1. The van der Waals surface area contributed by atoms with E-state index >= 15 is 0 Å². The molecule has 0 saturated carbocycles. The molecule has 1 aromatic rings. The van der Waals surface area contributed by atoms with E-state index in [-0.39, 0.29) is 18.1 Å². The lowest BCUT2D eigenvalue weighted by molar-refractivity contribution is -0.116. The number of benzene rings is 1. The van der Waals surface area contributed by atoms with Crippen molar-refractivity contribution >= 4 is 44.6 Å². The molecule has 7 heteroatoms. The van der Waals surface area contributed by atoms with Crippen LogP contribution in [0.25, 0.3) is 0 Å². The smallest absolute Gasteiger partial charge is 0.224 e. The van der Waals surface area contributed by atoms with Gasteiger partial charge in [0.05, 0.1) is 15.8 Å². The molecule has 1 rings (SSSR count). The Balaban J connectivity index is 2.47. The number of sulfone groups is 1. The highest BCUT2D eigenvalue weighted by Crippen LogP contribution is 2.25. The van der Waals surface area contributed by atoms with Gasteiger partial charge in [0.1, 0.15) is 9.84 Å². The molecule has 4 nitrogen and oxygen atoms in total. The van der Waals surface area contributed by atoms with Crippen LogP contribution in [0.4, 0.5) is 5.69 Å². The minimum Gasteiger partial charge on any atom is -0.326 e. The largest absolute Gasteiger partial charge is 0.326 e. The summed E-state index contributed by atoms with van der Waals surface area (Å²) < 4.78 is 21.8. The first-order valence-corrected chi connectivity index (χ1v) is 8.02. The van der Waals surface area contributed by atoms with Crippen molar-refractivity contribution in [2.75, 3.05) is 17.3 Å². The number of halogens is 2. The molecule has 1 N–H and O–H groups in total. The van der Waals surface area contributed by atoms with Gasteiger partial charge < -0.3 is 5.32 Å². The van der Waals surface area contributed by atoms with Crippen LogP contribution in [0.3, 0.4) is 0 Å². The molecule has 0 aliphatic heterocycles. The molecule has 100 valence electrons. The molecule has 1 amide bonds. The molecule has 1 aromatic carbocycles. The van der Waals surface area contributed by atoms with E-state index in [9.17, 15) is 13.2 Å². The van der Waals surface area contributed by atoms with Gasteiger partial charge in [-0.05, 0) is 24.6 Å². The quantitative estimate of drug-likeness (QED) is 0.909. The minimum atomic E-state index is -3.02. The van der Waals surface area contributed by atoms with Crippen LogP contribution in [0.15, 0.2) is 18.2 Å². The number of rotatable bonds is 5. The number of carbonyl (C=O) groups is 1. The van der Waals surface area contributed by atoms with E-state index in [2.05, 4.69) is 5.32 Å². The highest BCUT2D eigenvalue weighted by molar-refractivity contribution is 7.90. The Morgan fingerprint density at radius 1 is 1.28 bits per heavy atom. The summed E-state index contributed by atoms with van der Waals surface area (Å²) in [6, 6.07) is 4.75. The van der Waals surface area contributed by atoms with E-state index in [1.807, 2.05) is 0 Å². The van der Waals surface area contributed by atoms with Crippen molar-refractivity contribution in [3.8, 4) is 0 Å². The third kappa shape index (κ3) is 5.71. The Kier molecular flexibility index (Phi) is 5.44. The summed E-state index contributed by atoms with van der Waals surface area (Å²) in [5.74, 6) is -0.251. The zero-order valence-electron chi connectivity index (χ0n) is 9.74. The summed E-state index contributed by atoms with van der Waals surface area (Å²) in [4.78, 5) is 11.5. The standard InChI is InChI=1S/C11H13Cl2NO3S/c1-18(16,17)6-2-3-11(15)14-8-4-5-9(12)10(13)7-8/h4-5,7H,2-3,6H2,1H3,(H,14,15). The molecule has 0 bridgehead atoms. The fraction of sp³-hybridized carbons (Fsp3) is 0.364. The first kappa shape index (κ1) is 15.3. The van der Waals surface area contributed by atoms with Crippen LogP contribution in [-0.2, 0) is 14.6 Å². The first-order valence-electron chi connectivity index (χ1n) is 5.20. The topological polar surface area (TPSA) is 63.2 Å². The third-order valence-corrected chi connectivity index (χ3v) is 3.89. The van der Waals surface area contributed by atoms with E-state index in [4.69, 9.17) is 23.2 Å². The van der Waals surface area contributed by atoms with Crippen LogP contribution in [-0.4, -0.2) is 26.3 Å². The first-order chi connectivity index (χ1) is 8.28. The van der Waals surface area contributed by atoms with Crippen molar-refractivity contribution in [1.29, 1.82) is 0 Å². The fourth-order valence-corrected chi connectivity index (χ4v) is 2.26. The van der Waals surface area contributed by atoms with Crippen LogP contribution in [0, 0.1) is 0 Å². The summed E-state index contributed by atoms with van der Waals surface area (Å²) in [5, 5.41) is 3.38. The summed E-state index contributed by atoms with van der Waals surface area (Å²) in [6.45, 7) is 0. The summed E-state index contributed by atoms with van der Waals surface area (Å²) in [7, 11) is -3.02. The Bertz CT molecular complexity index is 543. The Hall–Kier alpha value is -0.780. The van der Waals surface area contributed by atoms with E-state index in [0.717, 1.165) is 6.26 Å². The zero-order chi connectivity index (χ0) is 13.8. The highest BCUT2D eigenvalue weighted by Gasteiger charge is 2.07. The number of amides is 1. The number of hydrogen-bond donors (Lipinski definition) is 1. The van der Waals surface area contributed by atoms with Gasteiger partial charge in [0.25, 0.3) is 0 Å². The van der Waals surface area contributed by atoms with Crippen molar-refractivity contribution < 1.29 is 13.2 Å². The van der Waals surface area contributed by atoms with Crippen LogP contribution in [0.2, 0.25) is 10.0 Å². The van der Waals surface area contributed by atoms with E-state index in [1.165, 1.54) is 0 Å². The lowest BCUT2D eigenvalue weighted by Crippen LogP contribution is -2.13. The van der Waals surface area contributed by atoms with Gasteiger partial charge in [-0.3, -0.25) is 4.79 Å². The van der Waals surface area contributed by atoms with Crippen molar-refractivity contribution in [2.45, 2.75) is 12.8 Å². The van der Waals surface area contributed by atoms with Crippen molar-refractivity contribution in [3.05, 3.63) is 28.2 Å². The maximum Gasteiger partial charge on any atom is 0.224 e. The fourth-order valence-electron chi connectivity index (χ4n) is 1.29. The van der Waals surface area contributed by atoms with Crippen LogP contribution in [0.5, 0.6) is 0 Å². The Morgan fingerprint density at radius 2 is 1.94 bits per heavy atom. The molecule has 0 saturated heterocycles. The second-order valence-corrected chi connectivity index (χ2v) is 6.98. The van der Waals surface area contributed by atoms with Gasteiger partial charge in [-0.15, -0.1) is 0 Å². The molecule has 0 unspecified atom stereocenters. The van der Waals surface area contributed by atoms with Gasteiger partial charge in [-0.1, -0.05) is 23.2 Å². The summed E-state index contributed by atoms with van der Waals surface area (Å²) in [5.41, 5.74) is 0.536. The number of anilines is 1. The van der Waals surface area contributed by atoms with Gasteiger partial charge in [-0.25, -0.2) is 8.42 Å². The number of nitrogens with one attached hydrogen (secondary N) is 1. The second kappa shape index (κ2) is 6.41. The van der Waals surface area contributed by atoms with Crippen LogP contribution < -0.4 is 5.32 Å². The molecule has 0 aliphatic carbocycles. The molecular formula is C11H13Cl2NO3S. The van der Waals surface area contributed by atoms with Gasteiger partial charge in [0.15, 0.2) is 0 Å². The monoisotopic (exact) mass is 309 g/mol. The van der Waals surface area contributed by atoms with Crippen molar-refractivity contribution in [1.82, 2.24) is 0 Å². The molecule has 0 aliphatic rings. The average Bonchev–Trinajstić information content (AvgIpc) is 2.21. The number of carbonyl (C=O) groups excluding carboxylic acids is 1. The summed E-state index contributed by atoms with van der Waals surface area (Å²) >= 11 is 11.5.